The van der Waals surface area contributed by atoms with E-state index in [-0.39, 0.29) is 18.2 Å². The number of methoxy groups -OCH3 is 2. The zero-order chi connectivity index (χ0) is 20.4. The second-order valence-corrected chi connectivity index (χ2v) is 7.72. The van der Waals surface area contributed by atoms with Gasteiger partial charge in [0, 0.05) is 6.20 Å². The molecule has 0 aliphatic rings. The summed E-state index contributed by atoms with van der Waals surface area (Å²) in [6.45, 7) is 0.239. The molecule has 3 aromatic heterocycles. The minimum atomic E-state index is -0.321. The third kappa shape index (κ3) is 3.83. The fourth-order valence-corrected chi connectivity index (χ4v) is 4.21. The van der Waals surface area contributed by atoms with Crippen LogP contribution in [0.4, 0.5) is 5.13 Å². The minimum Gasteiger partial charge on any atom is -0.495 e. The quantitative estimate of drug-likeness (QED) is 0.395. The van der Waals surface area contributed by atoms with Crippen LogP contribution in [0, 0.1) is 0 Å². The van der Waals surface area contributed by atoms with E-state index in [0.717, 1.165) is 10.4 Å². The number of nitrogens with zero attached hydrogens (tertiary/aromatic N) is 3. The number of carbonyl (C=O) groups is 1. The van der Waals surface area contributed by atoms with Crippen molar-refractivity contribution < 1.29 is 18.7 Å². The molecule has 0 radical (unpaired) electrons. The number of aromatic nitrogens is 2. The van der Waals surface area contributed by atoms with E-state index in [1.165, 1.54) is 16.2 Å². The molecule has 3 heterocycles. The van der Waals surface area contributed by atoms with Gasteiger partial charge in [-0.1, -0.05) is 17.4 Å². The Morgan fingerprint density at radius 2 is 1.93 bits per heavy atom. The van der Waals surface area contributed by atoms with Crippen LogP contribution >= 0.6 is 27.3 Å². The predicted octanol–water partition coefficient (Wildman–Crippen LogP) is 4.91. The second-order valence-electron chi connectivity index (χ2n) is 5.96. The first kappa shape index (κ1) is 19.4. The number of hydrogen-bond donors (Lipinski definition) is 0. The van der Waals surface area contributed by atoms with Gasteiger partial charge in [-0.05, 0) is 52.3 Å². The normalized spacial score (nSPS) is 10.9. The lowest BCUT2D eigenvalue weighted by Crippen LogP contribution is -2.30. The highest BCUT2D eigenvalue weighted by Crippen LogP contribution is 2.40. The van der Waals surface area contributed by atoms with Crippen LogP contribution in [0.25, 0.3) is 10.2 Å². The summed E-state index contributed by atoms with van der Waals surface area (Å²) in [7, 11) is 3.18. The molecule has 29 heavy (non-hydrogen) atoms. The average molecular weight is 474 g/mol. The third-order valence-electron chi connectivity index (χ3n) is 4.21. The Bertz CT molecular complexity index is 1120. The number of anilines is 1. The Kier molecular flexibility index (Phi) is 5.50. The molecule has 0 fully saturated rings. The average Bonchev–Trinajstić information content (AvgIpc) is 3.38. The van der Waals surface area contributed by atoms with Gasteiger partial charge >= 0.3 is 0 Å². The molecule has 0 bridgehead atoms. The monoisotopic (exact) mass is 473 g/mol. The van der Waals surface area contributed by atoms with Crippen LogP contribution in [0.1, 0.15) is 16.2 Å². The molecule has 4 rings (SSSR count). The molecule has 0 saturated carbocycles. The van der Waals surface area contributed by atoms with Crippen molar-refractivity contribution in [2.24, 2.45) is 0 Å². The molecule has 0 unspecified atom stereocenters. The highest BCUT2D eigenvalue weighted by molar-refractivity contribution is 9.10. The largest absolute Gasteiger partial charge is 0.495 e. The number of rotatable bonds is 6. The van der Waals surface area contributed by atoms with Crippen molar-refractivity contribution in [3.8, 4) is 11.5 Å². The molecule has 0 saturated heterocycles. The number of ether oxygens (including phenoxy) is 2. The highest BCUT2D eigenvalue weighted by Gasteiger charge is 2.26. The summed E-state index contributed by atoms with van der Waals surface area (Å²) < 4.78 is 17.6. The molecule has 0 atom stereocenters. The molecule has 1 aromatic carbocycles. The fourth-order valence-electron chi connectivity index (χ4n) is 2.83. The van der Waals surface area contributed by atoms with Crippen LogP contribution in [0.2, 0.25) is 0 Å². The van der Waals surface area contributed by atoms with Crippen molar-refractivity contribution in [1.29, 1.82) is 0 Å². The maximum Gasteiger partial charge on any atom is 0.296 e. The lowest BCUT2D eigenvalue weighted by atomic mass is 10.3. The van der Waals surface area contributed by atoms with Crippen molar-refractivity contribution in [1.82, 2.24) is 9.97 Å². The number of benzene rings is 1. The molecule has 0 spiro atoms. The first-order chi connectivity index (χ1) is 14.1. The molecular weight excluding hydrogens is 458 g/mol. The molecule has 1 amide bonds. The van der Waals surface area contributed by atoms with Gasteiger partial charge in [-0.15, -0.1) is 0 Å². The maximum atomic E-state index is 13.2. The van der Waals surface area contributed by atoms with Gasteiger partial charge in [0.2, 0.25) is 0 Å². The molecule has 9 heteroatoms. The number of fused-ring (bicyclic) bond motifs is 1. The Balaban J connectivity index is 1.83. The van der Waals surface area contributed by atoms with Crippen LogP contribution < -0.4 is 14.4 Å². The highest BCUT2D eigenvalue weighted by atomic mass is 79.9. The summed E-state index contributed by atoms with van der Waals surface area (Å²) in [5.74, 6) is 1.15. The van der Waals surface area contributed by atoms with Gasteiger partial charge < -0.3 is 13.9 Å². The van der Waals surface area contributed by atoms with Crippen molar-refractivity contribution in [2.45, 2.75) is 6.54 Å². The summed E-state index contributed by atoms with van der Waals surface area (Å²) in [5.41, 5.74) is 1.36. The molecule has 0 aliphatic carbocycles. The smallest absolute Gasteiger partial charge is 0.296 e. The Morgan fingerprint density at radius 1 is 1.14 bits per heavy atom. The number of halogens is 1. The standard InChI is InChI=1S/C20H16BrN3O4S/c1-26-13-6-7-14(27-2)18-17(13)23-20(29-18)24(11-12-5-3-4-10-22-12)19(25)15-8-9-16(21)28-15/h3-10H,11H2,1-2H3. The Labute approximate surface area is 179 Å². The number of carbonyl (C=O) groups excluding carboxylic acids is 1. The molecular formula is C20H16BrN3O4S. The van der Waals surface area contributed by atoms with Crippen LogP contribution in [0.3, 0.4) is 0 Å². The number of amides is 1. The molecule has 0 N–H and O–H groups in total. The first-order valence-corrected chi connectivity index (χ1v) is 10.2. The molecule has 4 aromatic rings. The fraction of sp³-hybridized carbons (Fsp3) is 0.150. The summed E-state index contributed by atoms with van der Waals surface area (Å²) in [6, 6.07) is 12.5. The van der Waals surface area contributed by atoms with Gasteiger partial charge in [0.05, 0.1) is 26.5 Å². The molecule has 148 valence electrons. The van der Waals surface area contributed by atoms with E-state index in [0.29, 0.717) is 26.8 Å². The summed E-state index contributed by atoms with van der Waals surface area (Å²) in [4.78, 5) is 23.8. The first-order valence-electron chi connectivity index (χ1n) is 8.59. The van der Waals surface area contributed by atoms with E-state index in [2.05, 4.69) is 25.9 Å². The lowest BCUT2D eigenvalue weighted by molar-refractivity contribution is 0.0957. The van der Waals surface area contributed by atoms with Crippen LogP contribution in [0.15, 0.2) is 57.7 Å². The van der Waals surface area contributed by atoms with Gasteiger partial charge in [0.25, 0.3) is 5.91 Å². The van der Waals surface area contributed by atoms with Crippen LogP contribution in [-0.2, 0) is 6.54 Å². The second kappa shape index (κ2) is 8.22. The zero-order valence-corrected chi connectivity index (χ0v) is 18.0. The van der Waals surface area contributed by atoms with Gasteiger partial charge in [0.15, 0.2) is 15.6 Å². The number of pyridine rings is 1. The van der Waals surface area contributed by atoms with E-state index in [1.807, 2.05) is 24.3 Å². The van der Waals surface area contributed by atoms with Crippen molar-refractivity contribution in [3.05, 3.63) is 64.8 Å². The van der Waals surface area contributed by atoms with Gasteiger partial charge in [-0.2, -0.15) is 0 Å². The SMILES string of the molecule is COc1ccc(OC)c2sc(N(Cc3ccccn3)C(=O)c3ccc(Br)o3)nc12. The van der Waals surface area contributed by atoms with Crippen LogP contribution in [-0.4, -0.2) is 30.1 Å². The molecule has 0 aliphatic heterocycles. The lowest BCUT2D eigenvalue weighted by Gasteiger charge is -2.18. The third-order valence-corrected chi connectivity index (χ3v) is 5.72. The summed E-state index contributed by atoms with van der Waals surface area (Å²) in [5, 5.41) is 0.492. The Hall–Kier alpha value is -2.91. The van der Waals surface area contributed by atoms with Crippen molar-refractivity contribution >= 4 is 48.5 Å². The van der Waals surface area contributed by atoms with E-state index in [9.17, 15) is 4.79 Å². The summed E-state index contributed by atoms with van der Waals surface area (Å²) in [6.07, 6.45) is 1.69. The Morgan fingerprint density at radius 3 is 2.59 bits per heavy atom. The van der Waals surface area contributed by atoms with Crippen LogP contribution in [0.5, 0.6) is 11.5 Å². The van der Waals surface area contributed by atoms with Crippen molar-refractivity contribution in [3.63, 3.8) is 0 Å². The van der Waals surface area contributed by atoms with Crippen molar-refractivity contribution in [2.75, 3.05) is 19.1 Å². The van der Waals surface area contributed by atoms with E-state index >= 15 is 0 Å². The number of furan rings is 1. The van der Waals surface area contributed by atoms with E-state index in [4.69, 9.17) is 13.9 Å². The topological polar surface area (TPSA) is 77.7 Å². The number of hydrogen-bond acceptors (Lipinski definition) is 7. The molecule has 7 nitrogen and oxygen atoms in total. The minimum absolute atomic E-state index is 0.200. The van der Waals surface area contributed by atoms with Gasteiger partial charge in [-0.3, -0.25) is 14.7 Å². The predicted molar refractivity (Wildman–Crippen MR) is 114 cm³/mol. The van der Waals surface area contributed by atoms with Gasteiger partial charge in [-0.25, -0.2) is 4.98 Å². The zero-order valence-electron chi connectivity index (χ0n) is 15.6. The van der Waals surface area contributed by atoms with E-state index < -0.39 is 0 Å². The summed E-state index contributed by atoms with van der Waals surface area (Å²) >= 11 is 4.59. The maximum absolute atomic E-state index is 13.2. The van der Waals surface area contributed by atoms with Gasteiger partial charge in [0.1, 0.15) is 21.7 Å². The van der Waals surface area contributed by atoms with E-state index in [1.54, 1.807) is 38.6 Å². The number of thiazole rings is 1.